The van der Waals surface area contributed by atoms with Crippen LogP contribution in [0.4, 0.5) is 0 Å². The number of nitrogens with one attached hydrogen (secondary N) is 2. The summed E-state index contributed by atoms with van der Waals surface area (Å²) in [5.74, 6) is 0.208. The van der Waals surface area contributed by atoms with Crippen LogP contribution in [0.2, 0.25) is 10.0 Å². The molecule has 1 atom stereocenters. The van der Waals surface area contributed by atoms with Gasteiger partial charge in [-0.3, -0.25) is 9.59 Å². The molecule has 1 saturated carbocycles. The molecular weight excluding hydrogens is 421 g/mol. The Bertz CT molecular complexity index is 869. The van der Waals surface area contributed by atoms with Crippen molar-refractivity contribution in [1.29, 1.82) is 0 Å². The van der Waals surface area contributed by atoms with Crippen LogP contribution in [0.1, 0.15) is 41.4 Å². The van der Waals surface area contributed by atoms with Crippen LogP contribution in [-0.4, -0.2) is 47.9 Å². The normalized spacial score (nSPS) is 14.3. The number of hydrogen-bond acceptors (Lipinski definition) is 6. The number of halogens is 2. The van der Waals surface area contributed by atoms with Gasteiger partial charge in [-0.1, -0.05) is 28.4 Å². The fraction of sp³-hybridized carbons (Fsp3) is 0.421. The molecule has 0 radical (unpaired) electrons. The first-order valence-electron chi connectivity index (χ1n) is 9.20. The molecule has 0 unspecified atom stereocenters. The van der Waals surface area contributed by atoms with Crippen molar-refractivity contribution in [3.05, 3.63) is 45.8 Å². The second-order valence-electron chi connectivity index (χ2n) is 6.76. The van der Waals surface area contributed by atoms with Crippen molar-refractivity contribution in [3.8, 4) is 5.75 Å². The molecule has 0 bridgehead atoms. The minimum absolute atomic E-state index is 0.0353. The molecule has 3 N–H and O–H groups in total. The van der Waals surface area contributed by atoms with Gasteiger partial charge in [0.25, 0.3) is 11.8 Å². The Balaban J connectivity index is 1.29. The van der Waals surface area contributed by atoms with Gasteiger partial charge in [0, 0.05) is 31.1 Å². The first kappa shape index (κ1) is 21.4. The van der Waals surface area contributed by atoms with Crippen molar-refractivity contribution in [2.45, 2.75) is 31.3 Å². The highest BCUT2D eigenvalue weighted by Crippen LogP contribution is 2.39. The Morgan fingerprint density at radius 2 is 2.03 bits per heavy atom. The topological polar surface area (TPSA) is 114 Å². The molecule has 29 heavy (non-hydrogen) atoms. The van der Waals surface area contributed by atoms with Gasteiger partial charge in [0.2, 0.25) is 5.76 Å². The second kappa shape index (κ2) is 9.96. The van der Waals surface area contributed by atoms with E-state index in [4.69, 9.17) is 32.5 Å². The second-order valence-corrected chi connectivity index (χ2v) is 7.57. The zero-order chi connectivity index (χ0) is 20.8. The predicted octanol–water partition coefficient (Wildman–Crippen LogP) is 2.53. The van der Waals surface area contributed by atoms with E-state index in [1.165, 1.54) is 6.07 Å². The van der Waals surface area contributed by atoms with E-state index in [0.29, 0.717) is 21.7 Å². The molecule has 1 heterocycles. The van der Waals surface area contributed by atoms with Crippen LogP contribution in [-0.2, 0) is 4.79 Å². The Morgan fingerprint density at radius 1 is 1.24 bits per heavy atom. The van der Waals surface area contributed by atoms with Gasteiger partial charge in [0.15, 0.2) is 6.61 Å². The molecule has 1 aromatic carbocycles. The Labute approximate surface area is 177 Å². The maximum Gasteiger partial charge on any atom is 0.289 e. The number of nitrogens with zero attached hydrogens (tertiary/aromatic N) is 1. The third-order valence-electron chi connectivity index (χ3n) is 4.31. The summed E-state index contributed by atoms with van der Waals surface area (Å²) >= 11 is 11.7. The molecule has 3 rings (SSSR count). The number of amides is 2. The number of aliphatic hydroxyl groups excluding tert-OH is 1. The van der Waals surface area contributed by atoms with E-state index in [9.17, 15) is 14.7 Å². The molecule has 10 heteroatoms. The van der Waals surface area contributed by atoms with Crippen molar-refractivity contribution in [1.82, 2.24) is 15.8 Å². The maximum atomic E-state index is 12.0. The number of carbonyl (C=O) groups excluding carboxylic acids is 2. The first-order chi connectivity index (χ1) is 13.9. The highest BCUT2D eigenvalue weighted by Gasteiger charge is 2.28. The Kier molecular flexibility index (Phi) is 7.35. The molecule has 0 aliphatic heterocycles. The molecule has 0 spiro atoms. The van der Waals surface area contributed by atoms with E-state index in [0.717, 1.165) is 18.5 Å². The largest absolute Gasteiger partial charge is 0.484 e. The number of ether oxygens (including phenoxy) is 1. The molecule has 2 aromatic rings. The summed E-state index contributed by atoms with van der Waals surface area (Å²) in [6, 6.07) is 6.33. The number of benzene rings is 1. The van der Waals surface area contributed by atoms with Gasteiger partial charge >= 0.3 is 0 Å². The molecule has 1 aromatic heterocycles. The van der Waals surface area contributed by atoms with Gasteiger partial charge in [-0.2, -0.15) is 0 Å². The fourth-order valence-corrected chi connectivity index (χ4v) is 2.80. The summed E-state index contributed by atoms with van der Waals surface area (Å²) in [4.78, 5) is 23.8. The van der Waals surface area contributed by atoms with Gasteiger partial charge in [-0.05, 0) is 31.4 Å². The lowest BCUT2D eigenvalue weighted by atomic mass is 10.2. The zero-order valence-corrected chi connectivity index (χ0v) is 17.0. The van der Waals surface area contributed by atoms with Crippen LogP contribution < -0.4 is 15.4 Å². The van der Waals surface area contributed by atoms with Gasteiger partial charge in [0.05, 0.1) is 21.8 Å². The van der Waals surface area contributed by atoms with Crippen LogP contribution in [0.5, 0.6) is 5.75 Å². The van der Waals surface area contributed by atoms with Crippen molar-refractivity contribution >= 4 is 35.0 Å². The third kappa shape index (κ3) is 6.62. The van der Waals surface area contributed by atoms with E-state index in [1.54, 1.807) is 18.2 Å². The lowest BCUT2D eigenvalue weighted by Crippen LogP contribution is -2.37. The summed E-state index contributed by atoms with van der Waals surface area (Å²) in [7, 11) is 0. The minimum atomic E-state index is -0.819. The van der Waals surface area contributed by atoms with Crippen molar-refractivity contribution in [2.24, 2.45) is 0 Å². The number of hydrogen-bond donors (Lipinski definition) is 3. The fourth-order valence-electron chi connectivity index (χ4n) is 2.51. The highest BCUT2D eigenvalue weighted by molar-refractivity contribution is 6.42. The number of aliphatic hydroxyl groups is 1. The molecule has 2 amide bonds. The lowest BCUT2D eigenvalue weighted by Gasteiger charge is -2.12. The SMILES string of the molecule is O=C(COc1ccc(Cl)c(Cl)c1)NC[C@@H](O)CCNC(=O)c1cc(C2CC2)no1. The predicted molar refractivity (Wildman–Crippen MR) is 106 cm³/mol. The van der Waals surface area contributed by atoms with Crippen molar-refractivity contribution in [2.75, 3.05) is 19.7 Å². The summed E-state index contributed by atoms with van der Waals surface area (Å²) in [6.07, 6.45) is 1.60. The number of aromatic nitrogens is 1. The highest BCUT2D eigenvalue weighted by atomic mass is 35.5. The van der Waals surface area contributed by atoms with Crippen LogP contribution in [0, 0.1) is 0 Å². The lowest BCUT2D eigenvalue weighted by molar-refractivity contribution is -0.123. The van der Waals surface area contributed by atoms with Crippen LogP contribution in [0.3, 0.4) is 0 Å². The standard InChI is InChI=1S/C19H21Cl2N3O5/c20-14-4-3-13(7-15(14)21)28-10-18(26)23-9-12(25)5-6-22-19(27)17-8-16(24-29-17)11-1-2-11/h3-4,7-8,11-12,25H,1-2,5-6,9-10H2,(H,22,27)(H,23,26)/t12-/m0/s1. The van der Waals surface area contributed by atoms with E-state index in [-0.39, 0.29) is 37.8 Å². The van der Waals surface area contributed by atoms with Gasteiger partial charge in [0.1, 0.15) is 5.75 Å². The van der Waals surface area contributed by atoms with Gasteiger partial charge in [-0.15, -0.1) is 0 Å². The summed E-state index contributed by atoms with van der Waals surface area (Å²) in [5, 5.41) is 19.8. The van der Waals surface area contributed by atoms with E-state index in [1.807, 2.05) is 0 Å². The van der Waals surface area contributed by atoms with Crippen LogP contribution in [0.15, 0.2) is 28.8 Å². The molecule has 1 aliphatic carbocycles. The molecule has 1 aliphatic rings. The summed E-state index contributed by atoms with van der Waals surface area (Å²) in [6.45, 7) is 0.0406. The van der Waals surface area contributed by atoms with Crippen LogP contribution in [0.25, 0.3) is 0 Å². The molecule has 156 valence electrons. The quantitative estimate of drug-likeness (QED) is 0.521. The Hall–Kier alpha value is -2.29. The van der Waals surface area contributed by atoms with E-state index < -0.39 is 12.0 Å². The first-order valence-corrected chi connectivity index (χ1v) is 9.95. The van der Waals surface area contributed by atoms with Crippen molar-refractivity contribution < 1.29 is 24.0 Å². The van der Waals surface area contributed by atoms with E-state index in [2.05, 4.69) is 15.8 Å². The van der Waals surface area contributed by atoms with Gasteiger partial charge < -0.3 is 25.0 Å². The summed E-state index contributed by atoms with van der Waals surface area (Å²) in [5.41, 5.74) is 0.806. The zero-order valence-electron chi connectivity index (χ0n) is 15.5. The third-order valence-corrected chi connectivity index (χ3v) is 5.05. The van der Waals surface area contributed by atoms with Crippen LogP contribution >= 0.6 is 23.2 Å². The van der Waals surface area contributed by atoms with Gasteiger partial charge in [-0.25, -0.2) is 0 Å². The monoisotopic (exact) mass is 441 g/mol. The average Bonchev–Trinajstić information content (AvgIpc) is 3.43. The maximum absolute atomic E-state index is 12.0. The number of carbonyl (C=O) groups is 2. The molecule has 1 fully saturated rings. The minimum Gasteiger partial charge on any atom is -0.484 e. The Morgan fingerprint density at radius 3 is 2.76 bits per heavy atom. The van der Waals surface area contributed by atoms with Crippen molar-refractivity contribution in [3.63, 3.8) is 0 Å². The number of rotatable bonds is 10. The molecule has 8 nitrogen and oxygen atoms in total. The molecule has 0 saturated heterocycles. The summed E-state index contributed by atoms with van der Waals surface area (Å²) < 4.78 is 10.3. The van der Waals surface area contributed by atoms with E-state index >= 15 is 0 Å². The smallest absolute Gasteiger partial charge is 0.289 e. The molecular formula is C19H21Cl2N3O5. The average molecular weight is 442 g/mol.